The number of nitrogens with zero attached hydrogens (tertiary/aromatic N) is 2. The zero-order chi connectivity index (χ0) is 12.0. The van der Waals surface area contributed by atoms with E-state index in [1.807, 2.05) is 6.92 Å². The second-order valence-corrected chi connectivity index (χ2v) is 3.55. The van der Waals surface area contributed by atoms with Gasteiger partial charge in [-0.3, -0.25) is 9.48 Å². The largest absolute Gasteiger partial charge is 0.396 e. The Morgan fingerprint density at radius 1 is 1.81 bits per heavy atom. The highest BCUT2D eigenvalue weighted by molar-refractivity contribution is 5.76. The maximum absolute atomic E-state index is 11.6. The van der Waals surface area contributed by atoms with Crippen molar-refractivity contribution in [3.8, 4) is 12.3 Å². The van der Waals surface area contributed by atoms with Crippen LogP contribution in [0.15, 0.2) is 12.4 Å². The van der Waals surface area contributed by atoms with Crippen molar-refractivity contribution < 1.29 is 4.79 Å². The van der Waals surface area contributed by atoms with Crippen LogP contribution in [0.25, 0.3) is 0 Å². The maximum atomic E-state index is 11.6. The van der Waals surface area contributed by atoms with E-state index < -0.39 is 0 Å². The molecule has 1 atom stereocenters. The van der Waals surface area contributed by atoms with Gasteiger partial charge >= 0.3 is 0 Å². The van der Waals surface area contributed by atoms with Crippen LogP contribution in [0.1, 0.15) is 19.8 Å². The molecule has 0 aliphatic carbocycles. The third kappa shape index (κ3) is 3.65. The van der Waals surface area contributed by atoms with Gasteiger partial charge in [0.05, 0.1) is 17.9 Å². The smallest absolute Gasteiger partial charge is 0.242 e. The Kier molecular flexibility index (Phi) is 4.40. The zero-order valence-electron chi connectivity index (χ0n) is 9.31. The molecule has 0 bridgehead atoms. The predicted molar refractivity (Wildman–Crippen MR) is 62.3 cm³/mol. The standard InChI is InChI=1S/C11H16N4O/c1-3-5-10(4-2)14-11(16)8-15-7-9(12)6-13-15/h2,6-7,10H,3,5,8,12H2,1H3,(H,14,16). The van der Waals surface area contributed by atoms with Gasteiger partial charge in [0.25, 0.3) is 0 Å². The number of hydrogen-bond acceptors (Lipinski definition) is 3. The van der Waals surface area contributed by atoms with E-state index in [2.05, 4.69) is 16.3 Å². The average molecular weight is 220 g/mol. The average Bonchev–Trinajstić information content (AvgIpc) is 2.63. The van der Waals surface area contributed by atoms with Gasteiger partial charge in [0.1, 0.15) is 6.54 Å². The zero-order valence-corrected chi connectivity index (χ0v) is 9.31. The van der Waals surface area contributed by atoms with Gasteiger partial charge in [-0.15, -0.1) is 6.42 Å². The van der Waals surface area contributed by atoms with E-state index in [0.29, 0.717) is 5.69 Å². The number of carbonyl (C=O) groups is 1. The van der Waals surface area contributed by atoms with Crippen LogP contribution in [0.2, 0.25) is 0 Å². The molecular weight excluding hydrogens is 204 g/mol. The number of rotatable bonds is 5. The molecule has 1 amide bonds. The number of nitrogens with one attached hydrogen (secondary N) is 1. The number of nitrogen functional groups attached to an aromatic ring is 1. The molecule has 0 spiro atoms. The Hall–Kier alpha value is -1.96. The highest BCUT2D eigenvalue weighted by atomic mass is 16.2. The quantitative estimate of drug-likeness (QED) is 0.705. The SMILES string of the molecule is C#CC(CCC)NC(=O)Cn1cc(N)cn1. The first-order valence-corrected chi connectivity index (χ1v) is 5.19. The predicted octanol–water partition coefficient (Wildman–Crippen LogP) is 0.383. The van der Waals surface area contributed by atoms with E-state index in [4.69, 9.17) is 12.2 Å². The van der Waals surface area contributed by atoms with E-state index in [0.717, 1.165) is 12.8 Å². The molecule has 3 N–H and O–H groups in total. The highest BCUT2D eigenvalue weighted by Gasteiger charge is 2.09. The molecule has 86 valence electrons. The fourth-order valence-electron chi connectivity index (χ4n) is 1.34. The summed E-state index contributed by atoms with van der Waals surface area (Å²) in [6, 6.07) is -0.203. The minimum absolute atomic E-state index is 0.138. The number of nitrogens with two attached hydrogens (primary N) is 1. The molecule has 1 rings (SSSR count). The van der Waals surface area contributed by atoms with Crippen molar-refractivity contribution >= 4 is 11.6 Å². The number of anilines is 1. The summed E-state index contributed by atoms with van der Waals surface area (Å²) in [7, 11) is 0. The number of hydrogen-bond donors (Lipinski definition) is 2. The van der Waals surface area contributed by atoms with E-state index in [-0.39, 0.29) is 18.5 Å². The molecule has 1 unspecified atom stereocenters. The van der Waals surface area contributed by atoms with Crippen molar-refractivity contribution in [1.82, 2.24) is 15.1 Å². The lowest BCUT2D eigenvalue weighted by Crippen LogP contribution is -2.36. The lowest BCUT2D eigenvalue weighted by Gasteiger charge is -2.11. The van der Waals surface area contributed by atoms with Gasteiger partial charge in [-0.25, -0.2) is 0 Å². The van der Waals surface area contributed by atoms with Crippen LogP contribution in [0.4, 0.5) is 5.69 Å². The molecule has 0 saturated carbocycles. The Labute approximate surface area is 95.0 Å². The number of carbonyl (C=O) groups excluding carboxylic acids is 1. The second-order valence-electron chi connectivity index (χ2n) is 3.55. The van der Waals surface area contributed by atoms with Gasteiger partial charge in [-0.05, 0) is 6.42 Å². The van der Waals surface area contributed by atoms with Crippen LogP contribution in [0.3, 0.4) is 0 Å². The summed E-state index contributed by atoms with van der Waals surface area (Å²) >= 11 is 0. The summed E-state index contributed by atoms with van der Waals surface area (Å²) in [6.45, 7) is 2.16. The van der Waals surface area contributed by atoms with Gasteiger partial charge in [0.15, 0.2) is 0 Å². The summed E-state index contributed by atoms with van der Waals surface area (Å²) in [4.78, 5) is 11.6. The molecule has 0 aromatic carbocycles. The van der Waals surface area contributed by atoms with Crippen LogP contribution in [0, 0.1) is 12.3 Å². The van der Waals surface area contributed by atoms with Gasteiger partial charge in [0.2, 0.25) is 5.91 Å². The first kappa shape index (κ1) is 12.1. The molecule has 16 heavy (non-hydrogen) atoms. The third-order valence-corrected chi connectivity index (χ3v) is 2.07. The lowest BCUT2D eigenvalue weighted by atomic mass is 10.2. The van der Waals surface area contributed by atoms with Crippen LogP contribution >= 0.6 is 0 Å². The Morgan fingerprint density at radius 3 is 3.06 bits per heavy atom. The summed E-state index contributed by atoms with van der Waals surface area (Å²) in [5.74, 6) is 2.39. The van der Waals surface area contributed by atoms with Gasteiger partial charge < -0.3 is 11.1 Å². The summed E-state index contributed by atoms with van der Waals surface area (Å²) in [5, 5.41) is 6.66. The summed E-state index contributed by atoms with van der Waals surface area (Å²) in [6.07, 6.45) is 10.1. The molecular formula is C11H16N4O. The van der Waals surface area contributed by atoms with Crippen LogP contribution in [0.5, 0.6) is 0 Å². The maximum Gasteiger partial charge on any atom is 0.242 e. The molecule has 1 aromatic rings. The van der Waals surface area contributed by atoms with Crippen molar-refractivity contribution in [3.63, 3.8) is 0 Å². The fourth-order valence-corrected chi connectivity index (χ4v) is 1.34. The Balaban J connectivity index is 2.44. The molecule has 0 saturated heterocycles. The van der Waals surface area contributed by atoms with Crippen LogP contribution < -0.4 is 11.1 Å². The van der Waals surface area contributed by atoms with E-state index in [1.165, 1.54) is 10.9 Å². The highest BCUT2D eigenvalue weighted by Crippen LogP contribution is 1.98. The topological polar surface area (TPSA) is 72.9 Å². The van der Waals surface area contributed by atoms with Crippen molar-refractivity contribution in [2.75, 3.05) is 5.73 Å². The number of aromatic nitrogens is 2. The van der Waals surface area contributed by atoms with Crippen LogP contribution in [-0.4, -0.2) is 21.7 Å². The molecule has 0 fully saturated rings. The van der Waals surface area contributed by atoms with Crippen molar-refractivity contribution in [2.45, 2.75) is 32.4 Å². The number of terminal acetylenes is 1. The molecule has 1 aromatic heterocycles. The molecule has 0 aliphatic heterocycles. The summed E-state index contributed by atoms with van der Waals surface area (Å²) < 4.78 is 1.48. The number of amides is 1. The second kappa shape index (κ2) is 5.81. The molecule has 5 nitrogen and oxygen atoms in total. The van der Waals surface area contributed by atoms with E-state index in [1.54, 1.807) is 6.20 Å². The van der Waals surface area contributed by atoms with E-state index in [9.17, 15) is 4.79 Å². The Bertz CT molecular complexity index is 391. The van der Waals surface area contributed by atoms with Crippen molar-refractivity contribution in [3.05, 3.63) is 12.4 Å². The molecule has 1 heterocycles. The lowest BCUT2D eigenvalue weighted by molar-refractivity contribution is -0.122. The first-order chi connectivity index (χ1) is 7.65. The summed E-state index contributed by atoms with van der Waals surface area (Å²) in [5.41, 5.74) is 6.02. The minimum atomic E-state index is -0.203. The molecule has 0 aliphatic rings. The van der Waals surface area contributed by atoms with E-state index >= 15 is 0 Å². The van der Waals surface area contributed by atoms with Gasteiger partial charge in [-0.1, -0.05) is 19.3 Å². The minimum Gasteiger partial charge on any atom is -0.396 e. The third-order valence-electron chi connectivity index (χ3n) is 2.07. The monoisotopic (exact) mass is 220 g/mol. The van der Waals surface area contributed by atoms with Gasteiger partial charge in [-0.2, -0.15) is 5.10 Å². The molecule has 5 heteroatoms. The Morgan fingerprint density at radius 2 is 2.56 bits per heavy atom. The normalized spacial score (nSPS) is 11.8. The van der Waals surface area contributed by atoms with Crippen LogP contribution in [-0.2, 0) is 11.3 Å². The van der Waals surface area contributed by atoms with Gasteiger partial charge in [0, 0.05) is 6.20 Å². The van der Waals surface area contributed by atoms with Crippen molar-refractivity contribution in [1.29, 1.82) is 0 Å². The van der Waals surface area contributed by atoms with Crippen molar-refractivity contribution in [2.24, 2.45) is 0 Å². The fraction of sp³-hybridized carbons (Fsp3) is 0.455. The first-order valence-electron chi connectivity index (χ1n) is 5.19. The molecule has 0 radical (unpaired) electrons.